The highest BCUT2D eigenvalue weighted by Gasteiger charge is 2.34. The summed E-state index contributed by atoms with van der Waals surface area (Å²) in [5.41, 5.74) is 1.61. The number of carbonyl (C=O) groups excluding carboxylic acids is 1. The number of rotatable bonds is 1. The van der Waals surface area contributed by atoms with E-state index in [1.54, 1.807) is 11.0 Å². The van der Waals surface area contributed by atoms with Crippen LogP contribution in [-0.4, -0.2) is 42.7 Å². The Bertz CT molecular complexity index is 608. The highest BCUT2D eigenvalue weighted by atomic mass is 16.5. The lowest BCUT2D eigenvalue weighted by molar-refractivity contribution is 0.0130. The van der Waals surface area contributed by atoms with E-state index < -0.39 is 6.04 Å². The Hall–Kier alpha value is -2.06. The molecule has 0 aliphatic carbocycles. The van der Waals surface area contributed by atoms with Crippen LogP contribution in [0, 0.1) is 11.3 Å². The summed E-state index contributed by atoms with van der Waals surface area (Å²) in [5.74, 6) is 0.790. The predicted octanol–water partition coefficient (Wildman–Crippen LogP) is 1.94. The molecule has 3 atom stereocenters. The van der Waals surface area contributed by atoms with Gasteiger partial charge in [0.15, 0.2) is 0 Å². The third kappa shape index (κ3) is 2.26. The Morgan fingerprint density at radius 1 is 1.43 bits per heavy atom. The number of hydrogen-bond acceptors (Lipinski definition) is 4. The van der Waals surface area contributed by atoms with Crippen LogP contribution in [0.3, 0.4) is 0 Å². The van der Waals surface area contributed by atoms with Gasteiger partial charge in [-0.05, 0) is 13.0 Å². The van der Waals surface area contributed by atoms with Crippen molar-refractivity contribution in [2.75, 3.05) is 19.8 Å². The number of nitriles is 1. The molecule has 110 valence electrons. The van der Waals surface area contributed by atoms with Crippen LogP contribution in [0.4, 0.5) is 0 Å². The van der Waals surface area contributed by atoms with Crippen LogP contribution in [0.1, 0.15) is 35.7 Å². The molecule has 2 heterocycles. The predicted molar refractivity (Wildman–Crippen MR) is 76.2 cm³/mol. The molecular weight excluding hydrogens is 268 g/mol. The lowest BCUT2D eigenvalue weighted by Gasteiger charge is -2.31. The molecule has 0 unspecified atom stereocenters. The van der Waals surface area contributed by atoms with Gasteiger partial charge in [-0.25, -0.2) is 0 Å². The second-order valence-corrected chi connectivity index (χ2v) is 5.55. The van der Waals surface area contributed by atoms with Gasteiger partial charge in [-0.1, -0.05) is 19.1 Å². The maximum Gasteiger partial charge on any atom is 0.258 e. The van der Waals surface area contributed by atoms with E-state index >= 15 is 0 Å². The van der Waals surface area contributed by atoms with Crippen molar-refractivity contribution in [3.63, 3.8) is 0 Å². The number of benzene rings is 1. The van der Waals surface area contributed by atoms with Crippen LogP contribution >= 0.6 is 0 Å². The van der Waals surface area contributed by atoms with Gasteiger partial charge in [0.05, 0.1) is 24.8 Å². The highest BCUT2D eigenvalue weighted by molar-refractivity contribution is 5.98. The fraction of sp³-hybridized carbons (Fsp3) is 0.500. The standard InChI is InChI=1S/C16H18N2O3/c1-10-11(2)21-15-13(10)4-3-5-14(15)16(19)18-6-7-20-9-12(18)8-17/h3-5,10-12H,6-7,9H2,1-2H3/t10-,11+,12-/m1/s1. The summed E-state index contributed by atoms with van der Waals surface area (Å²) in [7, 11) is 0. The first-order chi connectivity index (χ1) is 10.1. The smallest absolute Gasteiger partial charge is 0.258 e. The molecule has 3 rings (SSSR count). The molecule has 5 heteroatoms. The first-order valence-electron chi connectivity index (χ1n) is 7.21. The van der Waals surface area contributed by atoms with E-state index in [0.717, 1.165) is 5.56 Å². The second-order valence-electron chi connectivity index (χ2n) is 5.55. The molecule has 0 N–H and O–H groups in total. The Morgan fingerprint density at radius 2 is 2.24 bits per heavy atom. The van der Waals surface area contributed by atoms with E-state index in [1.165, 1.54) is 0 Å². The molecule has 1 fully saturated rings. The van der Waals surface area contributed by atoms with Gasteiger partial charge in [0.1, 0.15) is 17.9 Å². The molecule has 0 aromatic heterocycles. The van der Waals surface area contributed by atoms with Gasteiger partial charge in [-0.2, -0.15) is 5.26 Å². The minimum Gasteiger partial charge on any atom is -0.489 e. The van der Waals surface area contributed by atoms with Crippen LogP contribution in [0.15, 0.2) is 18.2 Å². The van der Waals surface area contributed by atoms with Gasteiger partial charge in [-0.15, -0.1) is 0 Å². The summed E-state index contributed by atoms with van der Waals surface area (Å²) in [6.07, 6.45) is 0.0606. The molecule has 1 saturated heterocycles. The second kappa shape index (κ2) is 5.38. The molecule has 5 nitrogen and oxygen atoms in total. The number of fused-ring (bicyclic) bond motifs is 1. The average Bonchev–Trinajstić information content (AvgIpc) is 2.81. The van der Waals surface area contributed by atoms with Crippen molar-refractivity contribution < 1.29 is 14.3 Å². The summed E-state index contributed by atoms with van der Waals surface area (Å²) in [4.78, 5) is 14.4. The van der Waals surface area contributed by atoms with E-state index in [2.05, 4.69) is 13.0 Å². The van der Waals surface area contributed by atoms with E-state index in [9.17, 15) is 10.1 Å². The molecule has 0 saturated carbocycles. The number of ether oxygens (including phenoxy) is 2. The van der Waals surface area contributed by atoms with Crippen molar-refractivity contribution in [2.24, 2.45) is 0 Å². The first-order valence-corrected chi connectivity index (χ1v) is 7.21. The number of hydrogen-bond donors (Lipinski definition) is 0. The molecule has 0 radical (unpaired) electrons. The summed E-state index contributed by atoms with van der Waals surface area (Å²) in [6, 6.07) is 7.26. The molecule has 2 aliphatic rings. The summed E-state index contributed by atoms with van der Waals surface area (Å²) < 4.78 is 11.1. The van der Waals surface area contributed by atoms with Crippen LogP contribution in [0.25, 0.3) is 0 Å². The number of para-hydroxylation sites is 1. The van der Waals surface area contributed by atoms with Crippen molar-refractivity contribution in [2.45, 2.75) is 31.9 Å². The lowest BCUT2D eigenvalue weighted by atomic mass is 9.96. The average molecular weight is 286 g/mol. The fourth-order valence-electron chi connectivity index (χ4n) is 2.86. The van der Waals surface area contributed by atoms with Crippen molar-refractivity contribution >= 4 is 5.91 Å². The van der Waals surface area contributed by atoms with Crippen LogP contribution in [0.5, 0.6) is 5.75 Å². The molecule has 2 aliphatic heterocycles. The molecular formula is C16H18N2O3. The largest absolute Gasteiger partial charge is 0.489 e. The zero-order valence-corrected chi connectivity index (χ0v) is 12.2. The zero-order chi connectivity index (χ0) is 15.0. The van der Waals surface area contributed by atoms with E-state index in [4.69, 9.17) is 9.47 Å². The molecule has 1 aromatic carbocycles. The Balaban J connectivity index is 1.95. The van der Waals surface area contributed by atoms with Crippen LogP contribution in [-0.2, 0) is 4.74 Å². The van der Waals surface area contributed by atoms with Crippen molar-refractivity contribution in [1.82, 2.24) is 4.90 Å². The molecule has 21 heavy (non-hydrogen) atoms. The van der Waals surface area contributed by atoms with E-state index in [-0.39, 0.29) is 24.5 Å². The lowest BCUT2D eigenvalue weighted by Crippen LogP contribution is -2.48. The quantitative estimate of drug-likeness (QED) is 0.791. The SMILES string of the molecule is C[C@@H]1Oc2c(C(=O)N3CCOC[C@H]3C#N)cccc2[C@@H]1C. The van der Waals surface area contributed by atoms with Gasteiger partial charge in [-0.3, -0.25) is 4.79 Å². The van der Waals surface area contributed by atoms with Crippen molar-refractivity contribution in [1.29, 1.82) is 5.26 Å². The van der Waals surface area contributed by atoms with E-state index in [1.807, 2.05) is 19.1 Å². The third-order valence-electron chi connectivity index (χ3n) is 4.31. The number of amides is 1. The number of nitrogens with zero attached hydrogens (tertiary/aromatic N) is 2. The molecule has 1 amide bonds. The molecule has 0 bridgehead atoms. The van der Waals surface area contributed by atoms with Gasteiger partial charge >= 0.3 is 0 Å². The van der Waals surface area contributed by atoms with Crippen molar-refractivity contribution in [3.8, 4) is 11.8 Å². The number of morpholine rings is 1. The molecule has 1 aromatic rings. The van der Waals surface area contributed by atoms with Gasteiger partial charge in [0, 0.05) is 18.0 Å². The van der Waals surface area contributed by atoms with Gasteiger partial charge < -0.3 is 14.4 Å². The normalized spacial score (nSPS) is 27.7. The Labute approximate surface area is 124 Å². The van der Waals surface area contributed by atoms with E-state index in [0.29, 0.717) is 24.5 Å². The monoisotopic (exact) mass is 286 g/mol. The summed E-state index contributed by atoms with van der Waals surface area (Å²) >= 11 is 0. The maximum atomic E-state index is 12.8. The topological polar surface area (TPSA) is 62.6 Å². The fourth-order valence-corrected chi connectivity index (χ4v) is 2.86. The van der Waals surface area contributed by atoms with Crippen LogP contribution < -0.4 is 4.74 Å². The summed E-state index contributed by atoms with van der Waals surface area (Å²) in [6.45, 7) is 5.27. The number of carbonyl (C=O) groups is 1. The maximum absolute atomic E-state index is 12.8. The van der Waals surface area contributed by atoms with Crippen LogP contribution in [0.2, 0.25) is 0 Å². The zero-order valence-electron chi connectivity index (χ0n) is 12.2. The Kier molecular flexibility index (Phi) is 3.56. The minimum absolute atomic E-state index is 0.0606. The van der Waals surface area contributed by atoms with Gasteiger partial charge in [0.25, 0.3) is 5.91 Å². The Morgan fingerprint density at radius 3 is 3.00 bits per heavy atom. The first kappa shape index (κ1) is 13.9. The van der Waals surface area contributed by atoms with Gasteiger partial charge in [0.2, 0.25) is 0 Å². The highest BCUT2D eigenvalue weighted by Crippen LogP contribution is 2.40. The summed E-state index contributed by atoms with van der Waals surface area (Å²) in [5, 5.41) is 9.18. The third-order valence-corrected chi connectivity index (χ3v) is 4.31. The minimum atomic E-state index is -0.529. The van der Waals surface area contributed by atoms with Crippen molar-refractivity contribution in [3.05, 3.63) is 29.3 Å². The molecule has 0 spiro atoms.